The number of aromatic nitrogens is 3. The standard InChI is InChI=1S/C14H11ClN4O2S/c1-7-11(12(21-18-7)13-8(2)17-19-22-13)14(20)16-10-5-3-9(15)4-6-10/h3-6H,1-2H3,(H,16,20). The van der Waals surface area contributed by atoms with Crippen LogP contribution in [-0.2, 0) is 0 Å². The number of carbonyl (C=O) groups excluding carboxylic acids is 1. The zero-order valence-corrected chi connectivity index (χ0v) is 13.3. The third kappa shape index (κ3) is 2.72. The molecule has 8 heteroatoms. The highest BCUT2D eigenvalue weighted by Crippen LogP contribution is 2.31. The van der Waals surface area contributed by atoms with Gasteiger partial charge in [0.2, 0.25) is 0 Å². The number of benzene rings is 1. The lowest BCUT2D eigenvalue weighted by molar-refractivity contribution is 0.102. The predicted molar refractivity (Wildman–Crippen MR) is 84.3 cm³/mol. The molecule has 1 aromatic carbocycles. The Morgan fingerprint density at radius 1 is 1.23 bits per heavy atom. The minimum atomic E-state index is -0.302. The van der Waals surface area contributed by atoms with E-state index in [1.54, 1.807) is 38.1 Å². The van der Waals surface area contributed by atoms with Crippen molar-refractivity contribution in [2.75, 3.05) is 5.32 Å². The zero-order chi connectivity index (χ0) is 15.7. The number of nitrogens with zero attached hydrogens (tertiary/aromatic N) is 3. The predicted octanol–water partition coefficient (Wildman–Crippen LogP) is 3.72. The Bertz CT molecular complexity index is 826. The largest absolute Gasteiger partial charge is 0.354 e. The fraction of sp³-hybridized carbons (Fsp3) is 0.143. The summed E-state index contributed by atoms with van der Waals surface area (Å²) in [4.78, 5) is 13.2. The molecule has 22 heavy (non-hydrogen) atoms. The fourth-order valence-corrected chi connectivity index (χ4v) is 2.72. The van der Waals surface area contributed by atoms with Crippen LogP contribution in [-0.4, -0.2) is 20.7 Å². The molecule has 1 amide bonds. The first kappa shape index (κ1) is 14.7. The normalized spacial score (nSPS) is 10.7. The molecule has 6 nitrogen and oxygen atoms in total. The van der Waals surface area contributed by atoms with E-state index in [0.29, 0.717) is 38.3 Å². The number of aryl methyl sites for hydroxylation is 2. The maximum absolute atomic E-state index is 12.5. The minimum Gasteiger partial charge on any atom is -0.354 e. The van der Waals surface area contributed by atoms with Gasteiger partial charge < -0.3 is 9.84 Å². The second-order valence-corrected chi connectivity index (χ2v) is 5.81. The third-order valence-electron chi connectivity index (χ3n) is 3.05. The number of nitrogens with one attached hydrogen (secondary N) is 1. The molecule has 0 fully saturated rings. The Labute approximate surface area is 135 Å². The summed E-state index contributed by atoms with van der Waals surface area (Å²) in [6.07, 6.45) is 0. The van der Waals surface area contributed by atoms with Crippen LogP contribution in [0.5, 0.6) is 0 Å². The first-order valence-corrected chi connectivity index (χ1v) is 7.54. The van der Waals surface area contributed by atoms with Crippen LogP contribution in [0.4, 0.5) is 5.69 Å². The first-order valence-electron chi connectivity index (χ1n) is 6.39. The van der Waals surface area contributed by atoms with Gasteiger partial charge in [-0.2, -0.15) is 0 Å². The van der Waals surface area contributed by atoms with Crippen LogP contribution in [0, 0.1) is 13.8 Å². The van der Waals surface area contributed by atoms with E-state index in [9.17, 15) is 4.79 Å². The van der Waals surface area contributed by atoms with Crippen molar-refractivity contribution in [3.8, 4) is 10.6 Å². The van der Waals surface area contributed by atoms with E-state index < -0.39 is 0 Å². The average Bonchev–Trinajstić information content (AvgIpc) is 3.07. The third-order valence-corrected chi connectivity index (χ3v) is 4.13. The van der Waals surface area contributed by atoms with E-state index in [2.05, 4.69) is 20.1 Å². The van der Waals surface area contributed by atoms with E-state index in [1.807, 2.05) is 0 Å². The van der Waals surface area contributed by atoms with E-state index in [4.69, 9.17) is 16.1 Å². The lowest BCUT2D eigenvalue weighted by Gasteiger charge is -2.05. The Kier molecular flexibility index (Phi) is 3.91. The molecule has 0 spiro atoms. The SMILES string of the molecule is Cc1nnsc1-c1onc(C)c1C(=O)Nc1ccc(Cl)cc1. The smallest absolute Gasteiger partial charge is 0.261 e. The van der Waals surface area contributed by atoms with Gasteiger partial charge in [0.15, 0.2) is 5.76 Å². The van der Waals surface area contributed by atoms with Gasteiger partial charge in [0.25, 0.3) is 5.91 Å². The lowest BCUT2D eigenvalue weighted by Crippen LogP contribution is -2.13. The monoisotopic (exact) mass is 334 g/mol. The summed E-state index contributed by atoms with van der Waals surface area (Å²) >= 11 is 7.00. The number of hydrogen-bond acceptors (Lipinski definition) is 6. The van der Waals surface area contributed by atoms with E-state index in [0.717, 1.165) is 11.5 Å². The van der Waals surface area contributed by atoms with Crippen LogP contribution < -0.4 is 5.32 Å². The highest BCUT2D eigenvalue weighted by molar-refractivity contribution is 7.09. The molecule has 0 radical (unpaired) electrons. The Morgan fingerprint density at radius 2 is 1.95 bits per heavy atom. The lowest BCUT2D eigenvalue weighted by atomic mass is 10.1. The van der Waals surface area contributed by atoms with Crippen molar-refractivity contribution < 1.29 is 9.32 Å². The van der Waals surface area contributed by atoms with Crippen molar-refractivity contribution in [3.05, 3.63) is 46.2 Å². The maximum atomic E-state index is 12.5. The number of halogens is 1. The van der Waals surface area contributed by atoms with Crippen LogP contribution in [0.1, 0.15) is 21.7 Å². The molecular weight excluding hydrogens is 324 g/mol. The van der Waals surface area contributed by atoms with Crippen molar-refractivity contribution in [2.24, 2.45) is 0 Å². The second kappa shape index (κ2) is 5.86. The van der Waals surface area contributed by atoms with Crippen LogP contribution >= 0.6 is 23.1 Å². The molecule has 3 rings (SSSR count). The van der Waals surface area contributed by atoms with Gasteiger partial charge in [-0.05, 0) is 49.6 Å². The molecular formula is C14H11ClN4O2S. The van der Waals surface area contributed by atoms with Gasteiger partial charge in [0.05, 0.1) is 11.4 Å². The van der Waals surface area contributed by atoms with Crippen LogP contribution in [0.15, 0.2) is 28.8 Å². The van der Waals surface area contributed by atoms with Gasteiger partial charge in [0.1, 0.15) is 10.4 Å². The molecule has 0 aliphatic heterocycles. The molecule has 2 aromatic heterocycles. The molecule has 0 aliphatic carbocycles. The first-order chi connectivity index (χ1) is 10.6. The average molecular weight is 335 g/mol. The molecule has 0 bridgehead atoms. The summed E-state index contributed by atoms with van der Waals surface area (Å²) in [5.74, 6) is 0.0836. The van der Waals surface area contributed by atoms with Crippen molar-refractivity contribution in [1.82, 2.24) is 14.7 Å². The van der Waals surface area contributed by atoms with Crippen molar-refractivity contribution >= 4 is 34.7 Å². The van der Waals surface area contributed by atoms with Crippen LogP contribution in [0.3, 0.4) is 0 Å². The Morgan fingerprint density at radius 3 is 2.59 bits per heavy atom. The summed E-state index contributed by atoms with van der Waals surface area (Å²) in [7, 11) is 0. The molecule has 0 aliphatic rings. The van der Waals surface area contributed by atoms with Crippen molar-refractivity contribution in [2.45, 2.75) is 13.8 Å². The van der Waals surface area contributed by atoms with Crippen molar-refractivity contribution in [1.29, 1.82) is 0 Å². The van der Waals surface area contributed by atoms with E-state index in [1.165, 1.54) is 0 Å². The number of amides is 1. The second-order valence-electron chi connectivity index (χ2n) is 4.62. The van der Waals surface area contributed by atoms with Crippen molar-refractivity contribution in [3.63, 3.8) is 0 Å². The molecule has 0 saturated heterocycles. The summed E-state index contributed by atoms with van der Waals surface area (Å²) in [5, 5.41) is 11.2. The molecule has 0 atom stereocenters. The summed E-state index contributed by atoms with van der Waals surface area (Å²) in [6, 6.07) is 6.86. The number of carbonyl (C=O) groups is 1. The Balaban J connectivity index is 1.94. The molecule has 0 unspecified atom stereocenters. The van der Waals surface area contributed by atoms with Gasteiger partial charge >= 0.3 is 0 Å². The summed E-state index contributed by atoms with van der Waals surface area (Å²) < 4.78 is 9.16. The van der Waals surface area contributed by atoms with Gasteiger partial charge in [-0.15, -0.1) is 5.10 Å². The van der Waals surface area contributed by atoms with Gasteiger partial charge in [-0.3, -0.25) is 4.79 Å². The summed E-state index contributed by atoms with van der Waals surface area (Å²) in [6.45, 7) is 3.52. The quantitative estimate of drug-likeness (QED) is 0.789. The molecule has 0 saturated carbocycles. The number of rotatable bonds is 3. The van der Waals surface area contributed by atoms with Gasteiger partial charge in [0, 0.05) is 10.7 Å². The van der Waals surface area contributed by atoms with Gasteiger partial charge in [-0.1, -0.05) is 21.2 Å². The Hall–Kier alpha value is -2.25. The highest BCUT2D eigenvalue weighted by atomic mass is 35.5. The van der Waals surface area contributed by atoms with E-state index >= 15 is 0 Å². The molecule has 2 heterocycles. The summed E-state index contributed by atoms with van der Waals surface area (Å²) in [5.41, 5.74) is 2.22. The topological polar surface area (TPSA) is 80.9 Å². The number of hydrogen-bond donors (Lipinski definition) is 1. The minimum absolute atomic E-state index is 0.302. The van der Waals surface area contributed by atoms with E-state index in [-0.39, 0.29) is 5.91 Å². The fourth-order valence-electron chi connectivity index (χ4n) is 1.96. The van der Waals surface area contributed by atoms with Crippen LogP contribution in [0.2, 0.25) is 5.02 Å². The molecule has 1 N–H and O–H groups in total. The highest BCUT2D eigenvalue weighted by Gasteiger charge is 2.24. The maximum Gasteiger partial charge on any atom is 0.261 e. The molecule has 112 valence electrons. The molecule has 3 aromatic rings. The van der Waals surface area contributed by atoms with Crippen LogP contribution in [0.25, 0.3) is 10.6 Å². The zero-order valence-electron chi connectivity index (χ0n) is 11.8. The van der Waals surface area contributed by atoms with Gasteiger partial charge in [-0.25, -0.2) is 0 Å². The number of anilines is 1.